The number of amides is 1. The molecule has 0 aliphatic carbocycles. The van der Waals surface area contributed by atoms with Crippen LogP contribution in [0, 0.1) is 2.88 Å². The van der Waals surface area contributed by atoms with Gasteiger partial charge < -0.3 is 10.0 Å². The summed E-state index contributed by atoms with van der Waals surface area (Å²) in [5.41, 5.74) is 0.744. The first-order valence-electron chi connectivity index (χ1n) is 6.33. The average Bonchev–Trinajstić information content (AvgIpc) is 2.79. The summed E-state index contributed by atoms with van der Waals surface area (Å²) in [4.78, 5) is 14.0. The molecule has 1 N–H and O–H groups in total. The SMILES string of the molecule is CCCCCCN(CCO)C(=O)c1csc(I)c1. The lowest BCUT2D eigenvalue weighted by atomic mass is 10.2. The van der Waals surface area contributed by atoms with E-state index in [1.807, 2.05) is 11.4 Å². The topological polar surface area (TPSA) is 40.5 Å². The summed E-state index contributed by atoms with van der Waals surface area (Å²) in [5, 5.41) is 10.9. The van der Waals surface area contributed by atoms with Gasteiger partial charge in [-0.3, -0.25) is 4.79 Å². The van der Waals surface area contributed by atoms with Crippen molar-refractivity contribution in [3.05, 3.63) is 19.9 Å². The molecular weight excluding hydrogens is 361 g/mol. The highest BCUT2D eigenvalue weighted by atomic mass is 127. The lowest BCUT2D eigenvalue weighted by Gasteiger charge is -2.21. The van der Waals surface area contributed by atoms with Gasteiger partial charge in [-0.1, -0.05) is 26.2 Å². The Morgan fingerprint density at radius 3 is 2.72 bits per heavy atom. The molecule has 5 heteroatoms. The molecule has 0 aliphatic heterocycles. The summed E-state index contributed by atoms with van der Waals surface area (Å²) < 4.78 is 1.12. The molecule has 1 rings (SSSR count). The van der Waals surface area contributed by atoms with Crippen molar-refractivity contribution in [1.82, 2.24) is 4.90 Å². The smallest absolute Gasteiger partial charge is 0.254 e. The van der Waals surface area contributed by atoms with E-state index in [4.69, 9.17) is 5.11 Å². The third-order valence-electron chi connectivity index (χ3n) is 2.75. The molecule has 1 aromatic heterocycles. The summed E-state index contributed by atoms with van der Waals surface area (Å²) in [6.45, 7) is 3.37. The van der Waals surface area contributed by atoms with E-state index in [0.717, 1.165) is 27.8 Å². The van der Waals surface area contributed by atoms with E-state index >= 15 is 0 Å². The van der Waals surface area contributed by atoms with Gasteiger partial charge in [-0.2, -0.15) is 0 Å². The van der Waals surface area contributed by atoms with Crippen molar-refractivity contribution in [1.29, 1.82) is 0 Å². The Bertz CT molecular complexity index is 368. The van der Waals surface area contributed by atoms with Crippen LogP contribution in [0.3, 0.4) is 0 Å². The largest absolute Gasteiger partial charge is 0.395 e. The summed E-state index contributed by atoms with van der Waals surface area (Å²) in [5.74, 6) is 0.0414. The predicted octanol–water partition coefficient (Wildman–Crippen LogP) is 3.37. The van der Waals surface area contributed by atoms with Crippen molar-refractivity contribution in [3.63, 3.8) is 0 Å². The standard InChI is InChI=1S/C13H20INO2S/c1-2-3-4-5-6-15(7-8-16)13(17)11-9-12(14)18-10-11/h9-10,16H,2-8H2,1H3. The molecule has 0 bridgehead atoms. The van der Waals surface area contributed by atoms with Crippen LogP contribution in [0.2, 0.25) is 0 Å². The van der Waals surface area contributed by atoms with E-state index < -0.39 is 0 Å². The van der Waals surface area contributed by atoms with E-state index in [1.54, 1.807) is 16.2 Å². The van der Waals surface area contributed by atoms with Crippen LogP contribution in [0.25, 0.3) is 0 Å². The van der Waals surface area contributed by atoms with Crippen LogP contribution >= 0.6 is 33.9 Å². The van der Waals surface area contributed by atoms with Crippen molar-refractivity contribution < 1.29 is 9.90 Å². The van der Waals surface area contributed by atoms with E-state index in [0.29, 0.717) is 6.54 Å². The maximum Gasteiger partial charge on any atom is 0.254 e. The molecule has 1 aromatic rings. The van der Waals surface area contributed by atoms with Crippen molar-refractivity contribution in [2.75, 3.05) is 19.7 Å². The number of aliphatic hydroxyl groups excluding tert-OH is 1. The van der Waals surface area contributed by atoms with E-state index in [1.165, 1.54) is 12.8 Å². The molecule has 0 atom stereocenters. The lowest BCUT2D eigenvalue weighted by molar-refractivity contribution is 0.0719. The lowest BCUT2D eigenvalue weighted by Crippen LogP contribution is -2.34. The first kappa shape index (κ1) is 15.9. The monoisotopic (exact) mass is 381 g/mol. The molecule has 18 heavy (non-hydrogen) atoms. The van der Waals surface area contributed by atoms with Gasteiger partial charge in [-0.05, 0) is 35.1 Å². The molecule has 0 unspecified atom stereocenters. The number of halogens is 1. The molecule has 1 amide bonds. The molecule has 1 heterocycles. The molecule has 0 fully saturated rings. The van der Waals surface area contributed by atoms with Crippen LogP contribution in [-0.4, -0.2) is 35.6 Å². The second kappa shape index (κ2) is 8.87. The Kier molecular flexibility index (Phi) is 7.85. The quantitative estimate of drug-likeness (QED) is 0.554. The number of unbranched alkanes of at least 4 members (excludes halogenated alkanes) is 3. The van der Waals surface area contributed by atoms with Gasteiger partial charge in [0.2, 0.25) is 0 Å². The van der Waals surface area contributed by atoms with Crippen LogP contribution in [0.15, 0.2) is 11.4 Å². The number of rotatable bonds is 8. The molecule has 3 nitrogen and oxygen atoms in total. The minimum absolute atomic E-state index is 0.0285. The zero-order valence-corrected chi connectivity index (χ0v) is 13.7. The summed E-state index contributed by atoms with van der Waals surface area (Å²) in [6.07, 6.45) is 4.56. The van der Waals surface area contributed by atoms with Gasteiger partial charge in [0, 0.05) is 18.5 Å². The average molecular weight is 381 g/mol. The van der Waals surface area contributed by atoms with Crippen molar-refractivity contribution >= 4 is 39.8 Å². The van der Waals surface area contributed by atoms with Crippen LogP contribution in [-0.2, 0) is 0 Å². The highest BCUT2D eigenvalue weighted by molar-refractivity contribution is 14.1. The number of carbonyl (C=O) groups is 1. The summed E-state index contributed by atoms with van der Waals surface area (Å²) >= 11 is 3.79. The minimum Gasteiger partial charge on any atom is -0.395 e. The Hall–Kier alpha value is -0.140. The number of hydrogen-bond acceptors (Lipinski definition) is 3. The molecule has 0 spiro atoms. The van der Waals surface area contributed by atoms with Gasteiger partial charge in [0.05, 0.1) is 15.1 Å². The Morgan fingerprint density at radius 2 is 2.17 bits per heavy atom. The molecule has 0 saturated carbocycles. The van der Waals surface area contributed by atoms with Gasteiger partial charge in [-0.25, -0.2) is 0 Å². The third-order valence-corrected chi connectivity index (χ3v) is 4.54. The Labute approximate surface area is 126 Å². The fourth-order valence-corrected chi connectivity index (χ4v) is 3.09. The number of carbonyl (C=O) groups excluding carboxylic acids is 1. The minimum atomic E-state index is 0.0285. The maximum atomic E-state index is 12.2. The van der Waals surface area contributed by atoms with E-state index in [9.17, 15) is 4.79 Å². The van der Waals surface area contributed by atoms with Gasteiger partial charge >= 0.3 is 0 Å². The molecular formula is C13H20INO2S. The van der Waals surface area contributed by atoms with Gasteiger partial charge in [0.15, 0.2) is 0 Å². The summed E-state index contributed by atoms with van der Waals surface area (Å²) in [7, 11) is 0. The number of aliphatic hydroxyl groups is 1. The van der Waals surface area contributed by atoms with Crippen molar-refractivity contribution in [2.24, 2.45) is 0 Å². The van der Waals surface area contributed by atoms with Crippen LogP contribution < -0.4 is 0 Å². The zero-order valence-electron chi connectivity index (χ0n) is 10.7. The van der Waals surface area contributed by atoms with Crippen LogP contribution in [0.4, 0.5) is 0 Å². The first-order chi connectivity index (χ1) is 8.69. The molecule has 0 aromatic carbocycles. The van der Waals surface area contributed by atoms with Crippen LogP contribution in [0.5, 0.6) is 0 Å². The number of nitrogens with zero attached hydrogens (tertiary/aromatic N) is 1. The van der Waals surface area contributed by atoms with Gasteiger partial charge in [0.1, 0.15) is 0 Å². The predicted molar refractivity (Wildman–Crippen MR) is 84.2 cm³/mol. The third kappa shape index (κ3) is 5.24. The normalized spacial score (nSPS) is 10.6. The fraction of sp³-hybridized carbons (Fsp3) is 0.615. The molecule has 0 radical (unpaired) electrons. The number of thiophene rings is 1. The highest BCUT2D eigenvalue weighted by Gasteiger charge is 2.16. The van der Waals surface area contributed by atoms with Crippen molar-refractivity contribution in [3.8, 4) is 0 Å². The molecule has 0 aliphatic rings. The summed E-state index contributed by atoms with van der Waals surface area (Å²) in [6, 6.07) is 1.91. The maximum absolute atomic E-state index is 12.2. The van der Waals surface area contributed by atoms with Crippen molar-refractivity contribution in [2.45, 2.75) is 32.6 Å². The van der Waals surface area contributed by atoms with Gasteiger partial charge in [0.25, 0.3) is 5.91 Å². The van der Waals surface area contributed by atoms with E-state index in [2.05, 4.69) is 29.5 Å². The molecule has 102 valence electrons. The zero-order chi connectivity index (χ0) is 13.4. The second-order valence-electron chi connectivity index (χ2n) is 4.22. The molecule has 0 saturated heterocycles. The van der Waals surface area contributed by atoms with Gasteiger partial charge in [-0.15, -0.1) is 11.3 Å². The fourth-order valence-electron chi connectivity index (χ4n) is 1.77. The Morgan fingerprint density at radius 1 is 1.39 bits per heavy atom. The van der Waals surface area contributed by atoms with E-state index in [-0.39, 0.29) is 12.5 Å². The second-order valence-corrected chi connectivity index (χ2v) is 7.02. The Balaban J connectivity index is 2.52. The van der Waals surface area contributed by atoms with Crippen LogP contribution in [0.1, 0.15) is 43.0 Å². The first-order valence-corrected chi connectivity index (χ1v) is 8.29. The highest BCUT2D eigenvalue weighted by Crippen LogP contribution is 2.18. The number of hydrogen-bond donors (Lipinski definition) is 1.